The molecule has 0 fully saturated rings. The molecule has 0 spiro atoms. The summed E-state index contributed by atoms with van der Waals surface area (Å²) in [4.78, 5) is 15.4. The monoisotopic (exact) mass is 306 g/mol. The number of aromatic amines is 1. The Hall–Kier alpha value is -1.07. The minimum atomic E-state index is -2.57. The Morgan fingerprint density at radius 3 is 2.58 bits per heavy atom. The molecule has 1 aromatic heterocycles. The molecule has 0 unspecified atom stereocenters. The smallest absolute Gasteiger partial charge is 0.377 e. The highest BCUT2D eigenvalue weighted by Crippen LogP contribution is 2.14. The van der Waals surface area contributed by atoms with E-state index in [0.717, 1.165) is 4.68 Å². The van der Waals surface area contributed by atoms with E-state index in [9.17, 15) is 4.79 Å². The minimum absolute atomic E-state index is 0.187. The van der Waals surface area contributed by atoms with Gasteiger partial charge in [-0.2, -0.15) is 4.68 Å². The molecule has 1 rings (SSSR count). The van der Waals surface area contributed by atoms with E-state index in [1.807, 2.05) is 0 Å². The Labute approximate surface area is 117 Å². The molecule has 10 heteroatoms. The Morgan fingerprint density at radius 1 is 1.47 bits per heavy atom. The first-order chi connectivity index (χ1) is 9.08. The standard InChI is InChI=1S/C9H18N4O4SSi/c1-15-19(16-2,17-3)6-4-5-10-8(14)13-9(18)11-7-12-13/h7H,4-6H2,1-3H3,(H,10,14)(H,11,12,18). The lowest BCUT2D eigenvalue weighted by Gasteiger charge is -2.24. The largest absolute Gasteiger partial charge is 0.500 e. The molecule has 19 heavy (non-hydrogen) atoms. The van der Waals surface area contributed by atoms with Crippen LogP contribution in [0.2, 0.25) is 6.04 Å². The zero-order valence-corrected chi connectivity index (χ0v) is 13.0. The summed E-state index contributed by atoms with van der Waals surface area (Å²) in [6.07, 6.45) is 2.04. The van der Waals surface area contributed by atoms with Crippen LogP contribution < -0.4 is 5.32 Å². The topological polar surface area (TPSA) is 90.4 Å². The first-order valence-electron chi connectivity index (χ1n) is 5.64. The number of carbonyl (C=O) groups excluding carboxylic acids is 1. The second-order valence-corrected chi connectivity index (χ2v) is 7.09. The van der Waals surface area contributed by atoms with E-state index in [-0.39, 0.29) is 10.8 Å². The highest BCUT2D eigenvalue weighted by molar-refractivity contribution is 7.71. The molecule has 0 saturated heterocycles. The summed E-state index contributed by atoms with van der Waals surface area (Å²) in [5, 5.41) is 5.33. The Balaban J connectivity index is 2.37. The molecular weight excluding hydrogens is 288 g/mol. The fourth-order valence-electron chi connectivity index (χ4n) is 1.54. The Morgan fingerprint density at radius 2 is 2.11 bits per heavy atom. The van der Waals surface area contributed by atoms with Crippen molar-refractivity contribution in [2.45, 2.75) is 12.5 Å². The van der Waals surface area contributed by atoms with E-state index in [2.05, 4.69) is 15.4 Å². The Kier molecular flexibility index (Phi) is 6.31. The van der Waals surface area contributed by atoms with E-state index in [4.69, 9.17) is 25.5 Å². The van der Waals surface area contributed by atoms with Gasteiger partial charge in [-0.05, 0) is 18.6 Å². The van der Waals surface area contributed by atoms with Gasteiger partial charge in [-0.1, -0.05) is 0 Å². The van der Waals surface area contributed by atoms with Crippen molar-refractivity contribution < 1.29 is 18.1 Å². The minimum Gasteiger partial charge on any atom is -0.377 e. The van der Waals surface area contributed by atoms with Crippen molar-refractivity contribution in [3.63, 3.8) is 0 Å². The number of H-pyrrole nitrogens is 1. The molecule has 0 radical (unpaired) electrons. The van der Waals surface area contributed by atoms with Gasteiger partial charge in [0.2, 0.25) is 4.77 Å². The summed E-state index contributed by atoms with van der Waals surface area (Å²) in [7, 11) is 2.11. The molecule has 0 aliphatic carbocycles. The summed E-state index contributed by atoms with van der Waals surface area (Å²) >= 11 is 4.86. The number of amides is 1. The first-order valence-corrected chi connectivity index (χ1v) is 7.98. The van der Waals surface area contributed by atoms with Crippen molar-refractivity contribution in [2.75, 3.05) is 27.9 Å². The number of nitrogens with one attached hydrogen (secondary N) is 2. The maximum absolute atomic E-state index is 11.7. The van der Waals surface area contributed by atoms with Gasteiger partial charge in [0.25, 0.3) is 0 Å². The molecule has 0 saturated carbocycles. The van der Waals surface area contributed by atoms with Crippen LogP contribution in [0.1, 0.15) is 6.42 Å². The third-order valence-electron chi connectivity index (χ3n) is 2.63. The van der Waals surface area contributed by atoms with Gasteiger partial charge in [0, 0.05) is 33.9 Å². The lowest BCUT2D eigenvalue weighted by molar-refractivity contribution is 0.123. The number of nitrogens with zero attached hydrogens (tertiary/aromatic N) is 2. The van der Waals surface area contributed by atoms with Crippen LogP contribution in [0.25, 0.3) is 0 Å². The van der Waals surface area contributed by atoms with Crippen LogP contribution >= 0.6 is 12.2 Å². The maximum Gasteiger partial charge on any atom is 0.500 e. The van der Waals surface area contributed by atoms with Crippen LogP contribution in [0, 0.1) is 4.77 Å². The van der Waals surface area contributed by atoms with Gasteiger partial charge in [0.05, 0.1) is 0 Å². The normalized spacial score (nSPS) is 11.5. The Bertz CT molecular complexity index is 451. The molecule has 0 aromatic carbocycles. The van der Waals surface area contributed by atoms with Crippen molar-refractivity contribution in [1.29, 1.82) is 0 Å². The van der Waals surface area contributed by atoms with Crippen molar-refractivity contribution in [3.05, 3.63) is 11.1 Å². The predicted octanol–water partition coefficient (Wildman–Crippen LogP) is 0.767. The fourth-order valence-corrected chi connectivity index (χ4v) is 3.45. The second kappa shape index (κ2) is 7.50. The number of carbonyl (C=O) groups is 1. The van der Waals surface area contributed by atoms with Gasteiger partial charge in [-0.25, -0.2) is 9.78 Å². The zero-order chi connectivity index (χ0) is 14.3. The van der Waals surface area contributed by atoms with E-state index >= 15 is 0 Å². The van der Waals surface area contributed by atoms with Gasteiger partial charge in [0.15, 0.2) is 0 Å². The second-order valence-electron chi connectivity index (χ2n) is 3.64. The summed E-state index contributed by atoms with van der Waals surface area (Å²) in [5.74, 6) is 0. The fraction of sp³-hybridized carbons (Fsp3) is 0.667. The molecule has 108 valence electrons. The van der Waals surface area contributed by atoms with E-state index in [1.165, 1.54) is 6.33 Å². The number of hydrogen-bond acceptors (Lipinski definition) is 6. The van der Waals surface area contributed by atoms with Crippen LogP contribution in [0.3, 0.4) is 0 Å². The van der Waals surface area contributed by atoms with Gasteiger partial charge in [-0.15, -0.1) is 0 Å². The van der Waals surface area contributed by atoms with Gasteiger partial charge in [0.1, 0.15) is 6.33 Å². The average molecular weight is 306 g/mol. The van der Waals surface area contributed by atoms with Crippen LogP contribution in [-0.2, 0) is 13.3 Å². The molecule has 8 nitrogen and oxygen atoms in total. The van der Waals surface area contributed by atoms with Gasteiger partial charge in [-0.3, -0.25) is 5.10 Å². The van der Waals surface area contributed by atoms with E-state index < -0.39 is 8.80 Å². The molecule has 0 atom stereocenters. The summed E-state index contributed by atoms with van der Waals surface area (Å²) < 4.78 is 17.2. The van der Waals surface area contributed by atoms with Crippen molar-refractivity contribution >= 4 is 27.1 Å². The molecule has 1 amide bonds. The SMILES string of the molecule is CO[Si](CCCNC(=O)n1[nH]cnc1=S)(OC)OC. The van der Waals surface area contributed by atoms with Gasteiger partial charge >= 0.3 is 14.8 Å². The maximum atomic E-state index is 11.7. The number of rotatable bonds is 7. The van der Waals surface area contributed by atoms with E-state index in [1.54, 1.807) is 21.3 Å². The van der Waals surface area contributed by atoms with E-state index in [0.29, 0.717) is 19.0 Å². The third kappa shape index (κ3) is 4.21. The predicted molar refractivity (Wildman–Crippen MR) is 72.4 cm³/mol. The van der Waals surface area contributed by atoms with Crippen LogP contribution in [0.5, 0.6) is 0 Å². The van der Waals surface area contributed by atoms with Crippen molar-refractivity contribution in [3.8, 4) is 0 Å². The highest BCUT2D eigenvalue weighted by Gasteiger charge is 2.36. The summed E-state index contributed by atoms with van der Waals surface area (Å²) in [5.41, 5.74) is 0. The quantitative estimate of drug-likeness (QED) is 0.439. The molecular formula is C9H18N4O4SSi. The van der Waals surface area contributed by atoms with Crippen LogP contribution in [0.15, 0.2) is 6.33 Å². The molecule has 0 bridgehead atoms. The average Bonchev–Trinajstić information content (AvgIpc) is 2.86. The molecule has 1 heterocycles. The molecule has 0 aliphatic heterocycles. The van der Waals surface area contributed by atoms with Crippen molar-refractivity contribution in [2.24, 2.45) is 0 Å². The van der Waals surface area contributed by atoms with Crippen LogP contribution in [-0.4, -0.2) is 57.5 Å². The molecule has 1 aromatic rings. The lowest BCUT2D eigenvalue weighted by atomic mass is 10.5. The molecule has 0 aliphatic rings. The zero-order valence-electron chi connectivity index (χ0n) is 11.1. The number of aromatic nitrogens is 3. The van der Waals surface area contributed by atoms with Crippen molar-refractivity contribution in [1.82, 2.24) is 20.1 Å². The summed E-state index contributed by atoms with van der Waals surface area (Å²) in [6.45, 7) is 0.463. The summed E-state index contributed by atoms with van der Waals surface area (Å²) in [6, 6.07) is 0.271. The first kappa shape index (κ1) is 16.0. The van der Waals surface area contributed by atoms with Gasteiger partial charge < -0.3 is 18.6 Å². The van der Waals surface area contributed by atoms with Crippen LogP contribution in [0.4, 0.5) is 4.79 Å². The third-order valence-corrected chi connectivity index (χ3v) is 5.75. The lowest BCUT2D eigenvalue weighted by Crippen LogP contribution is -2.43. The number of hydrogen-bond donors (Lipinski definition) is 2. The molecule has 2 N–H and O–H groups in total. The highest BCUT2D eigenvalue weighted by atomic mass is 32.1.